The van der Waals surface area contributed by atoms with Gasteiger partial charge in [0.1, 0.15) is 0 Å². The molecule has 0 saturated carbocycles. The molecule has 7 rings (SSSR count). The van der Waals surface area contributed by atoms with Gasteiger partial charge in [0.15, 0.2) is 23.3 Å². The van der Waals surface area contributed by atoms with Crippen molar-refractivity contribution in [2.24, 2.45) is 0 Å². The average Bonchev–Trinajstić information content (AvgIpc) is 3.84. The SMILES string of the molecule is CC.CC.c1ccc(Cc2ccc(-c3nc(-c4cccc(-c5n[nH]c(-c6ccc(Cc7ccccc7)cc6)n5)c4)n[nH]3)cc2)cc1. The summed E-state index contributed by atoms with van der Waals surface area (Å²) in [6.07, 6.45) is 1.80. The zero-order valence-corrected chi connectivity index (χ0v) is 26.9. The molecule has 0 aliphatic rings. The molecule has 7 aromatic rings. The second kappa shape index (κ2) is 15.9. The third kappa shape index (κ3) is 7.90. The second-order valence-electron chi connectivity index (χ2n) is 10.3. The van der Waals surface area contributed by atoms with Gasteiger partial charge in [-0.3, -0.25) is 10.2 Å². The maximum atomic E-state index is 4.77. The summed E-state index contributed by atoms with van der Waals surface area (Å²) < 4.78 is 0. The standard InChI is InChI=1S/C36H28N6.2C2H6/c1-3-8-25(9-4-1)22-27-14-18-29(19-15-27)33-37-35(41-39-33)31-12-7-13-32(24-31)36-38-34(40-42-36)30-20-16-28(17-21-30)23-26-10-5-2-6-11-26;2*1-2/h1-21,24H,22-23H2,(H,37,39,41)(H,38,40,42);2*1-2H3. The zero-order chi connectivity index (χ0) is 32.1. The fourth-order valence-electron chi connectivity index (χ4n) is 5.06. The molecule has 46 heavy (non-hydrogen) atoms. The first-order valence-electron chi connectivity index (χ1n) is 16.0. The highest BCUT2D eigenvalue weighted by atomic mass is 15.2. The molecule has 0 saturated heterocycles. The Labute approximate surface area is 271 Å². The fourth-order valence-corrected chi connectivity index (χ4v) is 5.06. The molecule has 0 spiro atoms. The van der Waals surface area contributed by atoms with Gasteiger partial charge in [0, 0.05) is 22.3 Å². The predicted molar refractivity (Wildman–Crippen MR) is 189 cm³/mol. The Bertz CT molecular complexity index is 1770. The van der Waals surface area contributed by atoms with Gasteiger partial charge in [0.25, 0.3) is 0 Å². The molecule has 0 atom stereocenters. The van der Waals surface area contributed by atoms with E-state index in [1.54, 1.807) is 0 Å². The predicted octanol–water partition coefficient (Wildman–Crippen LogP) is 9.82. The van der Waals surface area contributed by atoms with Crippen molar-refractivity contribution in [1.29, 1.82) is 0 Å². The van der Waals surface area contributed by atoms with Crippen molar-refractivity contribution in [3.8, 4) is 45.6 Å². The van der Waals surface area contributed by atoms with E-state index in [2.05, 4.69) is 117 Å². The van der Waals surface area contributed by atoms with Gasteiger partial charge >= 0.3 is 0 Å². The van der Waals surface area contributed by atoms with Gasteiger partial charge in [-0.1, -0.05) is 155 Å². The smallest absolute Gasteiger partial charge is 0.181 e. The van der Waals surface area contributed by atoms with E-state index in [1.807, 2.05) is 64.1 Å². The molecule has 6 heteroatoms. The lowest BCUT2D eigenvalue weighted by Gasteiger charge is -2.03. The maximum Gasteiger partial charge on any atom is 0.181 e. The highest BCUT2D eigenvalue weighted by Gasteiger charge is 2.12. The Morgan fingerprint density at radius 1 is 0.391 bits per heavy atom. The van der Waals surface area contributed by atoms with E-state index in [-0.39, 0.29) is 0 Å². The first-order chi connectivity index (χ1) is 22.8. The third-order valence-electron chi connectivity index (χ3n) is 7.31. The summed E-state index contributed by atoms with van der Waals surface area (Å²) in [6.45, 7) is 8.00. The van der Waals surface area contributed by atoms with E-state index < -0.39 is 0 Å². The minimum absolute atomic E-state index is 0.630. The Hall–Kier alpha value is -5.62. The van der Waals surface area contributed by atoms with Gasteiger partial charge in [0.2, 0.25) is 0 Å². The van der Waals surface area contributed by atoms with Crippen molar-refractivity contribution in [3.05, 3.63) is 156 Å². The number of rotatable bonds is 8. The number of aromatic amines is 2. The van der Waals surface area contributed by atoms with Crippen LogP contribution in [0.4, 0.5) is 0 Å². The van der Waals surface area contributed by atoms with Crippen LogP contribution in [0.5, 0.6) is 0 Å². The largest absolute Gasteiger partial charge is 0.259 e. The molecule has 2 N–H and O–H groups in total. The second-order valence-corrected chi connectivity index (χ2v) is 10.3. The van der Waals surface area contributed by atoms with Crippen LogP contribution < -0.4 is 0 Å². The number of aromatic nitrogens is 6. The number of hydrogen-bond donors (Lipinski definition) is 2. The zero-order valence-electron chi connectivity index (χ0n) is 26.9. The Kier molecular flexibility index (Phi) is 11.0. The summed E-state index contributed by atoms with van der Waals surface area (Å²) in [4.78, 5) is 9.55. The molecule has 0 radical (unpaired) electrons. The van der Waals surface area contributed by atoms with Crippen molar-refractivity contribution in [3.63, 3.8) is 0 Å². The lowest BCUT2D eigenvalue weighted by atomic mass is 10.0. The van der Waals surface area contributed by atoms with Crippen LogP contribution in [0.15, 0.2) is 133 Å². The van der Waals surface area contributed by atoms with Gasteiger partial charge < -0.3 is 0 Å². The van der Waals surface area contributed by atoms with Crippen molar-refractivity contribution in [2.45, 2.75) is 40.5 Å². The van der Waals surface area contributed by atoms with E-state index >= 15 is 0 Å². The molecular weight excluding hydrogens is 564 g/mol. The highest BCUT2D eigenvalue weighted by Crippen LogP contribution is 2.26. The monoisotopic (exact) mass is 604 g/mol. The molecule has 6 nitrogen and oxygen atoms in total. The summed E-state index contributed by atoms with van der Waals surface area (Å²) in [5.41, 5.74) is 8.88. The number of hydrogen-bond acceptors (Lipinski definition) is 4. The van der Waals surface area contributed by atoms with Gasteiger partial charge in [-0.15, -0.1) is 0 Å². The van der Waals surface area contributed by atoms with Gasteiger partial charge in [0.05, 0.1) is 0 Å². The molecule has 0 bridgehead atoms. The molecule has 230 valence electrons. The molecule has 0 unspecified atom stereocenters. The Morgan fingerprint density at radius 3 is 1.15 bits per heavy atom. The molecule has 0 amide bonds. The van der Waals surface area contributed by atoms with Crippen molar-refractivity contribution >= 4 is 0 Å². The van der Waals surface area contributed by atoms with E-state index in [1.165, 1.54) is 22.3 Å². The van der Waals surface area contributed by atoms with E-state index in [0.29, 0.717) is 11.6 Å². The van der Waals surface area contributed by atoms with Crippen LogP contribution in [0.2, 0.25) is 0 Å². The highest BCUT2D eigenvalue weighted by molar-refractivity contribution is 5.69. The summed E-state index contributed by atoms with van der Waals surface area (Å²) in [5, 5.41) is 15.2. The van der Waals surface area contributed by atoms with Gasteiger partial charge in [-0.25, -0.2) is 9.97 Å². The number of nitrogens with one attached hydrogen (secondary N) is 2. The summed E-state index contributed by atoms with van der Waals surface area (Å²) in [7, 11) is 0. The van der Waals surface area contributed by atoms with Crippen LogP contribution in [0.3, 0.4) is 0 Å². The van der Waals surface area contributed by atoms with Gasteiger partial charge in [-0.2, -0.15) is 10.2 Å². The molecule has 5 aromatic carbocycles. The summed E-state index contributed by atoms with van der Waals surface area (Å²) in [5.74, 6) is 2.73. The van der Waals surface area contributed by atoms with Crippen LogP contribution in [0, 0.1) is 0 Å². The number of H-pyrrole nitrogens is 2. The molecule has 0 aliphatic carbocycles. The Morgan fingerprint density at radius 2 is 0.761 bits per heavy atom. The number of benzene rings is 5. The summed E-state index contributed by atoms with van der Waals surface area (Å²) >= 11 is 0. The molecule has 0 aliphatic heterocycles. The molecule has 2 aromatic heterocycles. The van der Waals surface area contributed by atoms with Crippen molar-refractivity contribution in [1.82, 2.24) is 30.4 Å². The maximum absolute atomic E-state index is 4.77. The topological polar surface area (TPSA) is 83.1 Å². The lowest BCUT2D eigenvalue weighted by molar-refractivity contribution is 1.09. The van der Waals surface area contributed by atoms with E-state index in [9.17, 15) is 0 Å². The van der Waals surface area contributed by atoms with Crippen LogP contribution >= 0.6 is 0 Å². The lowest BCUT2D eigenvalue weighted by Crippen LogP contribution is -1.88. The third-order valence-corrected chi connectivity index (χ3v) is 7.31. The van der Waals surface area contributed by atoms with Crippen molar-refractivity contribution < 1.29 is 0 Å². The normalized spacial score (nSPS) is 10.3. The van der Waals surface area contributed by atoms with E-state index in [0.717, 1.165) is 46.7 Å². The van der Waals surface area contributed by atoms with Crippen LogP contribution in [-0.2, 0) is 12.8 Å². The van der Waals surface area contributed by atoms with E-state index in [4.69, 9.17) is 9.97 Å². The quantitative estimate of drug-likeness (QED) is 0.181. The minimum atomic E-state index is 0.630. The first kappa shape index (κ1) is 31.8. The molecule has 0 fully saturated rings. The Balaban J connectivity index is 0.00000100. The average molecular weight is 605 g/mol. The van der Waals surface area contributed by atoms with Gasteiger partial charge in [-0.05, 0) is 41.2 Å². The van der Waals surface area contributed by atoms with Crippen LogP contribution in [-0.4, -0.2) is 30.4 Å². The fraction of sp³-hybridized carbons (Fsp3) is 0.150. The number of nitrogens with zero attached hydrogens (tertiary/aromatic N) is 4. The van der Waals surface area contributed by atoms with Crippen LogP contribution in [0.25, 0.3) is 45.6 Å². The van der Waals surface area contributed by atoms with Crippen molar-refractivity contribution in [2.75, 3.05) is 0 Å². The molecular formula is C40H40N6. The van der Waals surface area contributed by atoms with Crippen LogP contribution in [0.1, 0.15) is 49.9 Å². The minimum Gasteiger partial charge on any atom is -0.259 e. The molecule has 2 heterocycles. The first-order valence-corrected chi connectivity index (χ1v) is 16.0. The summed E-state index contributed by atoms with van der Waals surface area (Å²) in [6, 6.07) is 45.9.